The van der Waals surface area contributed by atoms with Crippen LogP contribution in [0.2, 0.25) is 0 Å². The lowest BCUT2D eigenvalue weighted by molar-refractivity contribution is -0.0777. The Balaban J connectivity index is 2.15. The smallest absolute Gasteiger partial charge is 0.341 e. The van der Waals surface area contributed by atoms with E-state index in [0.717, 1.165) is 24.8 Å². The van der Waals surface area contributed by atoms with E-state index in [2.05, 4.69) is 4.98 Å². The highest BCUT2D eigenvalue weighted by Crippen LogP contribution is 2.44. The van der Waals surface area contributed by atoms with E-state index in [1.165, 1.54) is 6.07 Å². The summed E-state index contributed by atoms with van der Waals surface area (Å²) in [6, 6.07) is 7.05. The van der Waals surface area contributed by atoms with Crippen molar-refractivity contribution in [3.63, 3.8) is 0 Å². The van der Waals surface area contributed by atoms with Crippen LogP contribution in [0.3, 0.4) is 0 Å². The number of rotatable bonds is 3. The average molecular weight is 273 g/mol. The predicted molar refractivity (Wildman–Crippen MR) is 74.1 cm³/mol. The van der Waals surface area contributed by atoms with E-state index in [9.17, 15) is 9.59 Å². The van der Waals surface area contributed by atoms with Gasteiger partial charge in [0.1, 0.15) is 5.56 Å². The number of benzene rings is 1. The molecule has 1 aromatic carbocycles. The van der Waals surface area contributed by atoms with Gasteiger partial charge in [-0.2, -0.15) is 0 Å². The third-order valence-electron chi connectivity index (χ3n) is 4.15. The number of nitrogens with one attached hydrogen (secondary N) is 1. The third kappa shape index (κ3) is 1.82. The summed E-state index contributed by atoms with van der Waals surface area (Å²) in [6.45, 7) is 0. The molecule has 0 saturated heterocycles. The first-order valence-electron chi connectivity index (χ1n) is 6.52. The van der Waals surface area contributed by atoms with Crippen molar-refractivity contribution in [2.24, 2.45) is 0 Å². The Morgan fingerprint density at radius 2 is 2.10 bits per heavy atom. The van der Waals surface area contributed by atoms with Crippen molar-refractivity contribution in [3.05, 3.63) is 45.7 Å². The van der Waals surface area contributed by atoms with Crippen molar-refractivity contribution < 1.29 is 14.6 Å². The number of fused-ring (bicyclic) bond motifs is 1. The van der Waals surface area contributed by atoms with E-state index < -0.39 is 11.5 Å². The number of aromatic nitrogens is 1. The van der Waals surface area contributed by atoms with Crippen LogP contribution in [-0.4, -0.2) is 23.2 Å². The molecule has 0 amide bonds. The molecule has 0 radical (unpaired) electrons. The zero-order valence-electron chi connectivity index (χ0n) is 11.1. The lowest BCUT2D eigenvalue weighted by atomic mass is 9.74. The minimum Gasteiger partial charge on any atom is -0.477 e. The summed E-state index contributed by atoms with van der Waals surface area (Å²) in [7, 11) is 1.69. The molecule has 104 valence electrons. The van der Waals surface area contributed by atoms with Crippen LogP contribution >= 0.6 is 0 Å². The third-order valence-corrected chi connectivity index (χ3v) is 4.15. The minimum atomic E-state index is -1.22. The lowest BCUT2D eigenvalue weighted by Crippen LogP contribution is -2.36. The second-order valence-electron chi connectivity index (χ2n) is 5.17. The fraction of sp³-hybridized carbons (Fsp3) is 0.333. The van der Waals surface area contributed by atoms with Gasteiger partial charge >= 0.3 is 5.97 Å². The van der Waals surface area contributed by atoms with Gasteiger partial charge < -0.3 is 14.8 Å². The Morgan fingerprint density at radius 3 is 2.65 bits per heavy atom. The van der Waals surface area contributed by atoms with Crippen LogP contribution in [0.15, 0.2) is 29.1 Å². The van der Waals surface area contributed by atoms with Crippen LogP contribution in [0, 0.1) is 0 Å². The van der Waals surface area contributed by atoms with Crippen LogP contribution in [0.1, 0.15) is 35.2 Å². The molecule has 0 spiro atoms. The molecule has 1 aliphatic rings. The molecule has 1 aliphatic carbocycles. The molecule has 2 N–H and O–H groups in total. The Kier molecular flexibility index (Phi) is 2.87. The molecule has 0 aliphatic heterocycles. The van der Waals surface area contributed by atoms with Crippen LogP contribution in [-0.2, 0) is 10.3 Å². The largest absolute Gasteiger partial charge is 0.477 e. The average Bonchev–Trinajstić information content (AvgIpc) is 2.36. The highest BCUT2D eigenvalue weighted by atomic mass is 16.5. The number of hydrogen-bond donors (Lipinski definition) is 2. The standard InChI is InChI=1S/C15H15NO4/c1-20-15(5-2-6-15)10-4-3-9-7-11(14(18)19)13(17)16-12(9)8-10/h3-4,7-8H,2,5-6H2,1H3,(H,16,17)(H,18,19). The monoisotopic (exact) mass is 273 g/mol. The number of methoxy groups -OCH3 is 1. The zero-order valence-corrected chi connectivity index (χ0v) is 11.1. The van der Waals surface area contributed by atoms with E-state index in [0.29, 0.717) is 10.9 Å². The number of ether oxygens (including phenoxy) is 1. The summed E-state index contributed by atoms with van der Waals surface area (Å²) in [5, 5.41) is 9.66. The van der Waals surface area contributed by atoms with Gasteiger partial charge in [-0.05, 0) is 42.3 Å². The van der Waals surface area contributed by atoms with Gasteiger partial charge in [0.25, 0.3) is 5.56 Å². The Morgan fingerprint density at radius 1 is 1.35 bits per heavy atom. The maximum absolute atomic E-state index is 11.7. The van der Waals surface area contributed by atoms with Crippen molar-refractivity contribution in [1.82, 2.24) is 4.98 Å². The number of aromatic amines is 1. The molecule has 5 nitrogen and oxygen atoms in total. The lowest BCUT2D eigenvalue weighted by Gasteiger charge is -2.41. The number of carbonyl (C=O) groups is 1. The molecule has 5 heteroatoms. The van der Waals surface area contributed by atoms with Gasteiger partial charge in [-0.15, -0.1) is 0 Å². The van der Waals surface area contributed by atoms with Crippen molar-refractivity contribution in [2.75, 3.05) is 7.11 Å². The SMILES string of the molecule is COC1(c2ccc3cc(C(=O)O)c(=O)[nH]c3c2)CCC1. The van der Waals surface area contributed by atoms with Gasteiger partial charge in [-0.1, -0.05) is 12.1 Å². The first-order valence-corrected chi connectivity index (χ1v) is 6.52. The molecule has 1 fully saturated rings. The zero-order chi connectivity index (χ0) is 14.3. The van der Waals surface area contributed by atoms with Crippen LogP contribution < -0.4 is 5.56 Å². The van der Waals surface area contributed by atoms with Gasteiger partial charge in [0.15, 0.2) is 0 Å². The van der Waals surface area contributed by atoms with Crippen molar-refractivity contribution in [3.8, 4) is 0 Å². The molecule has 1 saturated carbocycles. The molecule has 1 aromatic heterocycles. The quantitative estimate of drug-likeness (QED) is 0.899. The first kappa shape index (κ1) is 12.9. The van der Waals surface area contributed by atoms with E-state index in [4.69, 9.17) is 9.84 Å². The topological polar surface area (TPSA) is 79.4 Å². The second kappa shape index (κ2) is 4.45. The fourth-order valence-electron chi connectivity index (χ4n) is 2.75. The molecule has 0 unspecified atom stereocenters. The van der Waals surface area contributed by atoms with Gasteiger partial charge in [-0.3, -0.25) is 4.79 Å². The number of carboxylic acid groups (broad SMARTS) is 1. The number of hydrogen-bond acceptors (Lipinski definition) is 3. The Bertz CT molecular complexity index is 738. The maximum atomic E-state index is 11.7. The van der Waals surface area contributed by atoms with E-state index >= 15 is 0 Å². The molecule has 0 atom stereocenters. The summed E-state index contributed by atoms with van der Waals surface area (Å²) >= 11 is 0. The van der Waals surface area contributed by atoms with Gasteiger partial charge in [0, 0.05) is 12.6 Å². The van der Waals surface area contributed by atoms with Gasteiger partial charge in [0.05, 0.1) is 5.60 Å². The number of aromatic carboxylic acids is 1. The molecule has 3 rings (SSSR count). The van der Waals surface area contributed by atoms with Crippen LogP contribution in [0.4, 0.5) is 0 Å². The molecular formula is C15H15NO4. The van der Waals surface area contributed by atoms with Crippen molar-refractivity contribution in [2.45, 2.75) is 24.9 Å². The van der Waals surface area contributed by atoms with Crippen molar-refractivity contribution in [1.29, 1.82) is 0 Å². The normalized spacial score (nSPS) is 16.9. The predicted octanol–water partition coefficient (Wildman–Crippen LogP) is 2.25. The summed E-state index contributed by atoms with van der Waals surface area (Å²) in [5.41, 5.74) is 0.590. The van der Waals surface area contributed by atoms with Crippen LogP contribution in [0.25, 0.3) is 10.9 Å². The highest BCUT2D eigenvalue weighted by Gasteiger charge is 2.38. The molecule has 20 heavy (non-hydrogen) atoms. The summed E-state index contributed by atoms with van der Waals surface area (Å²) < 4.78 is 5.61. The second-order valence-corrected chi connectivity index (χ2v) is 5.17. The number of H-pyrrole nitrogens is 1. The van der Waals surface area contributed by atoms with E-state index in [1.807, 2.05) is 18.2 Å². The first-order chi connectivity index (χ1) is 9.55. The summed E-state index contributed by atoms with van der Waals surface area (Å²) in [5.74, 6) is -1.22. The van der Waals surface area contributed by atoms with Gasteiger partial charge in [-0.25, -0.2) is 4.79 Å². The Labute approximate surface area is 115 Å². The molecule has 2 aromatic rings. The molecular weight excluding hydrogens is 258 g/mol. The minimum absolute atomic E-state index is 0.240. The summed E-state index contributed by atoms with van der Waals surface area (Å²) in [6.07, 6.45) is 3.05. The number of pyridine rings is 1. The highest BCUT2D eigenvalue weighted by molar-refractivity contribution is 5.92. The van der Waals surface area contributed by atoms with Crippen molar-refractivity contribution >= 4 is 16.9 Å². The van der Waals surface area contributed by atoms with E-state index in [1.54, 1.807) is 7.11 Å². The molecule has 0 bridgehead atoms. The number of carboxylic acids is 1. The Hall–Kier alpha value is -2.14. The fourth-order valence-corrected chi connectivity index (χ4v) is 2.75. The summed E-state index contributed by atoms with van der Waals surface area (Å²) in [4.78, 5) is 25.3. The maximum Gasteiger partial charge on any atom is 0.341 e. The van der Waals surface area contributed by atoms with Crippen LogP contribution in [0.5, 0.6) is 0 Å². The van der Waals surface area contributed by atoms with Gasteiger partial charge in [0.2, 0.25) is 0 Å². The molecule has 1 heterocycles. The van der Waals surface area contributed by atoms with E-state index in [-0.39, 0.29) is 11.2 Å².